The van der Waals surface area contributed by atoms with E-state index < -0.39 is 23.6 Å². The van der Waals surface area contributed by atoms with Gasteiger partial charge in [-0.2, -0.15) is 0 Å². The normalized spacial score (nSPS) is 29.3. The molecule has 98 valence electrons. The zero-order valence-electron chi connectivity index (χ0n) is 9.25. The molecule has 9 heteroatoms. The first-order valence-electron chi connectivity index (χ1n) is 5.43. The maximum absolute atomic E-state index is 11.8. The van der Waals surface area contributed by atoms with E-state index in [4.69, 9.17) is 15.3 Å². The molecule has 1 fully saturated rings. The number of aromatic amines is 1. The summed E-state index contributed by atoms with van der Waals surface area (Å²) < 4.78 is 11.9. The molecule has 0 aliphatic carbocycles. The fraction of sp³-hybridized carbons (Fsp3) is 0.556. The lowest BCUT2D eigenvalue weighted by Crippen LogP contribution is -2.38. The van der Waals surface area contributed by atoms with Gasteiger partial charge in [-0.1, -0.05) is 0 Å². The Labute approximate surface area is 100 Å². The molecule has 2 aliphatic heterocycles. The number of nitrogen functional groups attached to an aromatic ring is 1. The number of aromatic nitrogens is 2. The zero-order valence-corrected chi connectivity index (χ0v) is 9.25. The maximum atomic E-state index is 11.8. The van der Waals surface area contributed by atoms with Crippen LogP contribution in [-0.2, 0) is 4.74 Å². The number of nitrogens with zero attached hydrogens (tertiary/aromatic N) is 1. The van der Waals surface area contributed by atoms with E-state index in [2.05, 4.69) is 10.4 Å². The molecule has 5 N–H and O–H groups in total. The van der Waals surface area contributed by atoms with Crippen LogP contribution in [0.4, 0.5) is 5.69 Å². The lowest BCUT2D eigenvalue weighted by molar-refractivity contribution is -0.0336. The van der Waals surface area contributed by atoms with E-state index in [-0.39, 0.29) is 24.3 Å². The number of nitrogens with one attached hydrogen (secondary N) is 2. The van der Waals surface area contributed by atoms with Crippen LogP contribution in [0.25, 0.3) is 0 Å². The molecule has 0 spiro atoms. The SMILES string of the molecule is NNc1c2n(c(=O)[nH]c1=O)[C@@H]1O[C@H](CO2)C[C@@H]1O. The summed E-state index contributed by atoms with van der Waals surface area (Å²) >= 11 is 0. The average molecular weight is 256 g/mol. The van der Waals surface area contributed by atoms with Crippen LogP contribution in [0.3, 0.4) is 0 Å². The average Bonchev–Trinajstić information content (AvgIpc) is 2.56. The molecule has 0 saturated carbocycles. The van der Waals surface area contributed by atoms with E-state index in [0.717, 1.165) is 4.57 Å². The highest BCUT2D eigenvalue weighted by Crippen LogP contribution is 2.35. The number of fused-ring (bicyclic) bond motifs is 4. The first-order chi connectivity index (χ1) is 8.61. The summed E-state index contributed by atoms with van der Waals surface area (Å²) in [5.74, 6) is 5.22. The van der Waals surface area contributed by atoms with Crippen LogP contribution in [0.5, 0.6) is 5.88 Å². The molecule has 18 heavy (non-hydrogen) atoms. The molecule has 1 saturated heterocycles. The Morgan fingerprint density at radius 2 is 2.28 bits per heavy atom. The van der Waals surface area contributed by atoms with Crippen LogP contribution in [0.15, 0.2) is 9.59 Å². The quantitative estimate of drug-likeness (QED) is 0.333. The number of rotatable bonds is 1. The van der Waals surface area contributed by atoms with Gasteiger partial charge < -0.3 is 20.0 Å². The second-order valence-electron chi connectivity index (χ2n) is 4.22. The third-order valence-electron chi connectivity index (χ3n) is 3.07. The predicted octanol–water partition coefficient (Wildman–Crippen LogP) is -2.14. The minimum absolute atomic E-state index is 0.0162. The predicted molar refractivity (Wildman–Crippen MR) is 59.2 cm³/mol. The summed E-state index contributed by atoms with van der Waals surface area (Å²) in [5.41, 5.74) is 0.728. The largest absolute Gasteiger partial charge is 0.474 e. The smallest absolute Gasteiger partial charge is 0.333 e. The Morgan fingerprint density at radius 3 is 3.00 bits per heavy atom. The molecule has 3 atom stereocenters. The summed E-state index contributed by atoms with van der Waals surface area (Å²) in [7, 11) is 0. The molecular weight excluding hydrogens is 244 g/mol. The summed E-state index contributed by atoms with van der Waals surface area (Å²) in [6.45, 7) is 0.144. The van der Waals surface area contributed by atoms with E-state index in [0.29, 0.717) is 6.42 Å². The Balaban J connectivity index is 2.27. The van der Waals surface area contributed by atoms with Gasteiger partial charge in [0.1, 0.15) is 12.7 Å². The van der Waals surface area contributed by atoms with Crippen molar-refractivity contribution in [3.63, 3.8) is 0 Å². The van der Waals surface area contributed by atoms with Crippen molar-refractivity contribution >= 4 is 5.69 Å². The standard InChI is InChI=1S/C9H12N4O5/c10-12-5-6(15)11-9(16)13-7-4(14)1-3(18-7)2-17-8(5)13/h3-4,7,12,14H,1-2,10H2,(H,11,15,16)/t3-,4-,7+/m0/s1. The minimum atomic E-state index is -0.871. The molecule has 0 unspecified atom stereocenters. The number of nitrogens with two attached hydrogens (primary N) is 1. The highest BCUT2D eigenvalue weighted by molar-refractivity contribution is 5.50. The van der Waals surface area contributed by atoms with Crippen molar-refractivity contribution in [3.05, 3.63) is 20.8 Å². The Bertz CT molecular complexity index is 594. The highest BCUT2D eigenvalue weighted by atomic mass is 16.6. The van der Waals surface area contributed by atoms with Crippen LogP contribution < -0.4 is 27.3 Å². The fourth-order valence-electron chi connectivity index (χ4n) is 2.27. The molecule has 1 aromatic heterocycles. The molecule has 3 rings (SSSR count). The van der Waals surface area contributed by atoms with Gasteiger partial charge in [0.2, 0.25) is 5.88 Å². The molecule has 9 nitrogen and oxygen atoms in total. The van der Waals surface area contributed by atoms with E-state index in [9.17, 15) is 14.7 Å². The molecule has 2 bridgehead atoms. The van der Waals surface area contributed by atoms with Gasteiger partial charge >= 0.3 is 5.69 Å². The van der Waals surface area contributed by atoms with Crippen molar-refractivity contribution in [1.29, 1.82) is 0 Å². The van der Waals surface area contributed by atoms with Gasteiger partial charge in [-0.15, -0.1) is 0 Å². The number of anilines is 1. The minimum Gasteiger partial charge on any atom is -0.474 e. The summed E-state index contributed by atoms with van der Waals surface area (Å²) in [4.78, 5) is 25.4. The van der Waals surface area contributed by atoms with Crippen molar-refractivity contribution in [2.75, 3.05) is 12.0 Å². The van der Waals surface area contributed by atoms with Crippen molar-refractivity contribution in [2.24, 2.45) is 5.84 Å². The lowest BCUT2D eigenvalue weighted by Gasteiger charge is -2.20. The molecule has 1 aromatic rings. The van der Waals surface area contributed by atoms with Gasteiger partial charge in [0.15, 0.2) is 11.9 Å². The van der Waals surface area contributed by atoms with Gasteiger partial charge in [0.25, 0.3) is 5.56 Å². The second kappa shape index (κ2) is 3.83. The van der Waals surface area contributed by atoms with Gasteiger partial charge in [-0.05, 0) is 0 Å². The summed E-state index contributed by atoms with van der Waals surface area (Å²) in [6, 6.07) is 0. The summed E-state index contributed by atoms with van der Waals surface area (Å²) in [5, 5.41) is 9.84. The first-order valence-corrected chi connectivity index (χ1v) is 5.43. The van der Waals surface area contributed by atoms with E-state index in [1.54, 1.807) is 0 Å². The lowest BCUT2D eigenvalue weighted by atomic mass is 10.2. The number of aliphatic hydroxyl groups is 1. The fourth-order valence-corrected chi connectivity index (χ4v) is 2.27. The highest BCUT2D eigenvalue weighted by Gasteiger charge is 2.41. The number of hydrazine groups is 1. The van der Waals surface area contributed by atoms with Crippen molar-refractivity contribution < 1.29 is 14.6 Å². The zero-order chi connectivity index (χ0) is 12.9. The van der Waals surface area contributed by atoms with Crippen LogP contribution in [-0.4, -0.2) is 33.5 Å². The molecule has 2 aliphatic rings. The molecule has 3 heterocycles. The van der Waals surface area contributed by atoms with Crippen molar-refractivity contribution in [2.45, 2.75) is 24.9 Å². The van der Waals surface area contributed by atoms with Gasteiger partial charge in [0.05, 0.1) is 6.10 Å². The Hall–Kier alpha value is -1.84. The number of ether oxygens (including phenoxy) is 2. The van der Waals surface area contributed by atoms with Crippen molar-refractivity contribution in [1.82, 2.24) is 9.55 Å². The Kier molecular flexibility index (Phi) is 2.40. The van der Waals surface area contributed by atoms with Gasteiger partial charge in [0, 0.05) is 6.42 Å². The first kappa shape index (κ1) is 11.3. The third kappa shape index (κ3) is 1.45. The topological polar surface area (TPSA) is 132 Å². The molecule has 0 radical (unpaired) electrons. The number of hydrogen-bond donors (Lipinski definition) is 4. The van der Waals surface area contributed by atoms with Crippen LogP contribution in [0.1, 0.15) is 12.6 Å². The van der Waals surface area contributed by atoms with E-state index in [1.807, 2.05) is 0 Å². The van der Waals surface area contributed by atoms with Crippen molar-refractivity contribution in [3.8, 4) is 5.88 Å². The van der Waals surface area contributed by atoms with E-state index >= 15 is 0 Å². The van der Waals surface area contributed by atoms with Gasteiger partial charge in [-0.3, -0.25) is 15.6 Å². The monoisotopic (exact) mass is 256 g/mol. The van der Waals surface area contributed by atoms with Crippen LogP contribution >= 0.6 is 0 Å². The summed E-state index contributed by atoms with van der Waals surface area (Å²) in [6.07, 6.45) is -1.64. The molecular formula is C9H12N4O5. The van der Waals surface area contributed by atoms with E-state index in [1.165, 1.54) is 0 Å². The van der Waals surface area contributed by atoms with Crippen LogP contribution in [0.2, 0.25) is 0 Å². The number of hydrogen-bond acceptors (Lipinski definition) is 7. The number of H-pyrrole nitrogens is 1. The Morgan fingerprint density at radius 1 is 1.50 bits per heavy atom. The third-order valence-corrected chi connectivity index (χ3v) is 3.07. The molecule has 0 aromatic carbocycles. The molecule has 0 amide bonds. The maximum Gasteiger partial charge on any atom is 0.333 e. The second-order valence-corrected chi connectivity index (χ2v) is 4.22. The van der Waals surface area contributed by atoms with Crippen LogP contribution in [0, 0.1) is 0 Å². The number of aliphatic hydroxyl groups excluding tert-OH is 1. The van der Waals surface area contributed by atoms with Gasteiger partial charge in [-0.25, -0.2) is 9.36 Å².